The Morgan fingerprint density at radius 2 is 2.17 bits per heavy atom. The van der Waals surface area contributed by atoms with Crippen molar-refractivity contribution in [1.29, 1.82) is 0 Å². The monoisotopic (exact) mass is 247 g/mol. The van der Waals surface area contributed by atoms with Gasteiger partial charge in [0.1, 0.15) is 0 Å². The fourth-order valence-corrected chi connectivity index (χ4v) is 2.67. The Hall–Kier alpha value is -0.930. The van der Waals surface area contributed by atoms with E-state index in [-0.39, 0.29) is 0 Å². The van der Waals surface area contributed by atoms with Crippen molar-refractivity contribution in [2.24, 2.45) is 5.92 Å². The molecule has 0 saturated carbocycles. The highest BCUT2D eigenvalue weighted by molar-refractivity contribution is 5.14. The summed E-state index contributed by atoms with van der Waals surface area (Å²) >= 11 is 0. The minimum atomic E-state index is 0.694. The molecule has 2 rings (SSSR count). The molecule has 1 aliphatic heterocycles. The van der Waals surface area contributed by atoms with Crippen molar-refractivity contribution >= 4 is 0 Å². The summed E-state index contributed by atoms with van der Waals surface area (Å²) in [6.07, 6.45) is 4.68. The molecule has 1 fully saturated rings. The highest BCUT2D eigenvalue weighted by Crippen LogP contribution is 2.22. The molecule has 0 spiro atoms. The van der Waals surface area contributed by atoms with Gasteiger partial charge in [-0.2, -0.15) is 0 Å². The molecule has 1 N–H and O–H groups in total. The number of likely N-dealkylation sites (tertiary alicyclic amines) is 1. The van der Waals surface area contributed by atoms with Crippen LogP contribution in [-0.4, -0.2) is 29.5 Å². The second-order valence-corrected chi connectivity index (χ2v) is 5.65. The standard InChI is InChI=1S/C15H25N3/c1-12-4-5-13(2)18(10-12)11-15-7-6-14(8-16-3)9-17-15/h6-7,9,12-13,16H,4-5,8,10-11H2,1-3H3. The fraction of sp³-hybridized carbons (Fsp3) is 0.667. The number of pyridine rings is 1. The number of hydrogen-bond donors (Lipinski definition) is 1. The molecule has 1 aromatic heterocycles. The van der Waals surface area contributed by atoms with Gasteiger partial charge in [-0.15, -0.1) is 0 Å². The second kappa shape index (κ2) is 6.30. The van der Waals surface area contributed by atoms with Crippen LogP contribution in [-0.2, 0) is 13.1 Å². The molecule has 1 aliphatic rings. The van der Waals surface area contributed by atoms with Gasteiger partial charge in [0, 0.05) is 31.9 Å². The molecule has 3 nitrogen and oxygen atoms in total. The summed E-state index contributed by atoms with van der Waals surface area (Å²) in [5, 5.41) is 3.15. The van der Waals surface area contributed by atoms with Gasteiger partial charge in [-0.3, -0.25) is 9.88 Å². The maximum absolute atomic E-state index is 4.57. The molecule has 2 heterocycles. The third kappa shape index (κ3) is 3.53. The SMILES string of the molecule is CNCc1ccc(CN2CC(C)CCC2C)nc1. The Labute approximate surface area is 111 Å². The lowest BCUT2D eigenvalue weighted by atomic mass is 9.95. The van der Waals surface area contributed by atoms with E-state index >= 15 is 0 Å². The van der Waals surface area contributed by atoms with Crippen molar-refractivity contribution in [3.05, 3.63) is 29.6 Å². The zero-order chi connectivity index (χ0) is 13.0. The summed E-state index contributed by atoms with van der Waals surface area (Å²) in [4.78, 5) is 7.13. The molecule has 0 amide bonds. The van der Waals surface area contributed by atoms with E-state index in [0.717, 1.165) is 19.0 Å². The molecule has 0 aliphatic carbocycles. The van der Waals surface area contributed by atoms with Crippen LogP contribution in [0.25, 0.3) is 0 Å². The van der Waals surface area contributed by atoms with Crippen LogP contribution in [0, 0.1) is 5.92 Å². The average molecular weight is 247 g/mol. The molecule has 18 heavy (non-hydrogen) atoms. The van der Waals surface area contributed by atoms with Gasteiger partial charge in [-0.05, 0) is 44.4 Å². The summed E-state index contributed by atoms with van der Waals surface area (Å²) in [5.74, 6) is 0.824. The van der Waals surface area contributed by atoms with E-state index in [1.807, 2.05) is 13.2 Å². The summed E-state index contributed by atoms with van der Waals surface area (Å²) in [6, 6.07) is 5.04. The average Bonchev–Trinajstić information content (AvgIpc) is 2.37. The van der Waals surface area contributed by atoms with Crippen molar-refractivity contribution in [2.75, 3.05) is 13.6 Å². The maximum Gasteiger partial charge on any atom is 0.0544 e. The van der Waals surface area contributed by atoms with E-state index in [2.05, 4.69) is 41.2 Å². The minimum absolute atomic E-state index is 0.694. The van der Waals surface area contributed by atoms with Crippen LogP contribution in [0.5, 0.6) is 0 Å². The summed E-state index contributed by atoms with van der Waals surface area (Å²) in [5.41, 5.74) is 2.44. The van der Waals surface area contributed by atoms with Crippen molar-refractivity contribution in [2.45, 2.75) is 45.8 Å². The van der Waals surface area contributed by atoms with Crippen molar-refractivity contribution in [3.8, 4) is 0 Å². The topological polar surface area (TPSA) is 28.2 Å². The molecule has 2 atom stereocenters. The van der Waals surface area contributed by atoms with Crippen LogP contribution < -0.4 is 5.32 Å². The Kier molecular flexibility index (Phi) is 4.72. The highest BCUT2D eigenvalue weighted by atomic mass is 15.2. The summed E-state index contributed by atoms with van der Waals surface area (Å²) < 4.78 is 0. The van der Waals surface area contributed by atoms with Gasteiger partial charge < -0.3 is 5.32 Å². The maximum atomic E-state index is 4.57. The summed E-state index contributed by atoms with van der Waals surface area (Å²) in [6.45, 7) is 7.78. The zero-order valence-corrected chi connectivity index (χ0v) is 11.8. The quantitative estimate of drug-likeness (QED) is 0.885. The van der Waals surface area contributed by atoms with E-state index in [9.17, 15) is 0 Å². The third-order valence-electron chi connectivity index (χ3n) is 3.88. The molecule has 1 saturated heterocycles. The molecule has 2 unspecified atom stereocenters. The number of nitrogens with zero attached hydrogens (tertiary/aromatic N) is 2. The van der Waals surface area contributed by atoms with Gasteiger partial charge in [0.05, 0.1) is 5.69 Å². The lowest BCUT2D eigenvalue weighted by molar-refractivity contribution is 0.116. The van der Waals surface area contributed by atoms with Gasteiger partial charge in [0.15, 0.2) is 0 Å². The number of rotatable bonds is 4. The van der Waals surface area contributed by atoms with Crippen LogP contribution in [0.2, 0.25) is 0 Å². The zero-order valence-electron chi connectivity index (χ0n) is 11.8. The Morgan fingerprint density at radius 3 is 2.83 bits per heavy atom. The first-order valence-corrected chi connectivity index (χ1v) is 7.01. The van der Waals surface area contributed by atoms with Crippen molar-refractivity contribution in [1.82, 2.24) is 15.2 Å². The number of piperidine rings is 1. The van der Waals surface area contributed by atoms with Crippen molar-refractivity contribution < 1.29 is 0 Å². The van der Waals surface area contributed by atoms with E-state index < -0.39 is 0 Å². The minimum Gasteiger partial charge on any atom is -0.316 e. The largest absolute Gasteiger partial charge is 0.316 e. The second-order valence-electron chi connectivity index (χ2n) is 5.65. The summed E-state index contributed by atoms with van der Waals surface area (Å²) in [7, 11) is 1.96. The van der Waals surface area contributed by atoms with E-state index in [1.54, 1.807) is 0 Å². The molecule has 3 heteroatoms. The van der Waals surface area contributed by atoms with Crippen LogP contribution in [0.15, 0.2) is 18.3 Å². The number of nitrogens with one attached hydrogen (secondary N) is 1. The normalized spacial score (nSPS) is 25.3. The molecular weight excluding hydrogens is 222 g/mol. The Bertz CT molecular complexity index is 361. The lowest BCUT2D eigenvalue weighted by Gasteiger charge is -2.36. The molecule has 1 aromatic rings. The van der Waals surface area contributed by atoms with Crippen LogP contribution >= 0.6 is 0 Å². The molecule has 0 aromatic carbocycles. The van der Waals surface area contributed by atoms with Gasteiger partial charge in [-0.25, -0.2) is 0 Å². The van der Waals surface area contributed by atoms with Crippen LogP contribution in [0.4, 0.5) is 0 Å². The van der Waals surface area contributed by atoms with Crippen LogP contribution in [0.1, 0.15) is 37.9 Å². The molecule has 100 valence electrons. The Morgan fingerprint density at radius 1 is 1.33 bits per heavy atom. The van der Waals surface area contributed by atoms with E-state index in [0.29, 0.717) is 6.04 Å². The van der Waals surface area contributed by atoms with Crippen molar-refractivity contribution in [3.63, 3.8) is 0 Å². The van der Waals surface area contributed by atoms with Gasteiger partial charge in [0.2, 0.25) is 0 Å². The third-order valence-corrected chi connectivity index (χ3v) is 3.88. The van der Waals surface area contributed by atoms with Crippen LogP contribution in [0.3, 0.4) is 0 Å². The number of aromatic nitrogens is 1. The smallest absolute Gasteiger partial charge is 0.0544 e. The van der Waals surface area contributed by atoms with Gasteiger partial charge in [-0.1, -0.05) is 13.0 Å². The van der Waals surface area contributed by atoms with E-state index in [1.165, 1.54) is 30.6 Å². The van der Waals surface area contributed by atoms with Gasteiger partial charge >= 0.3 is 0 Å². The highest BCUT2D eigenvalue weighted by Gasteiger charge is 2.22. The van der Waals surface area contributed by atoms with E-state index in [4.69, 9.17) is 0 Å². The first-order valence-electron chi connectivity index (χ1n) is 7.01. The molecule has 0 bridgehead atoms. The fourth-order valence-electron chi connectivity index (χ4n) is 2.67. The predicted octanol–water partition coefficient (Wildman–Crippen LogP) is 2.42. The number of hydrogen-bond acceptors (Lipinski definition) is 3. The first-order chi connectivity index (χ1) is 8.69. The lowest BCUT2D eigenvalue weighted by Crippen LogP contribution is -2.40. The Balaban J connectivity index is 1.95. The molecular formula is C15H25N3. The first kappa shape index (κ1) is 13.5. The predicted molar refractivity (Wildman–Crippen MR) is 75.3 cm³/mol. The molecule has 0 radical (unpaired) electrons. The van der Waals surface area contributed by atoms with Gasteiger partial charge in [0.25, 0.3) is 0 Å².